The maximum Gasteiger partial charge on any atom is 0.0713 e. The molecule has 0 aliphatic heterocycles. The lowest BCUT2D eigenvalue weighted by molar-refractivity contribution is 0.176. The molecule has 3 rings (SSSR count). The zero-order valence-electron chi connectivity index (χ0n) is 12.1. The summed E-state index contributed by atoms with van der Waals surface area (Å²) in [5.74, 6) is 4.39. The van der Waals surface area contributed by atoms with Crippen LogP contribution in [0.1, 0.15) is 53.4 Å². The van der Waals surface area contributed by atoms with Gasteiger partial charge in [0.1, 0.15) is 0 Å². The summed E-state index contributed by atoms with van der Waals surface area (Å²) >= 11 is 4.91. The van der Waals surface area contributed by atoms with Crippen LogP contribution in [-0.2, 0) is 0 Å². The van der Waals surface area contributed by atoms with Crippen molar-refractivity contribution in [1.29, 1.82) is 0 Å². The molecule has 3 aliphatic carbocycles. The highest BCUT2D eigenvalue weighted by Crippen LogP contribution is 2.71. The normalized spacial score (nSPS) is 52.8. The van der Waals surface area contributed by atoms with Gasteiger partial charge in [-0.15, -0.1) is 0 Å². The number of thiocarbonyl (C=S) groups is 1. The van der Waals surface area contributed by atoms with E-state index in [1.54, 1.807) is 0 Å². The smallest absolute Gasteiger partial charge is 0.0713 e. The average molecular weight is 263 g/mol. The molecule has 3 aliphatic rings. The molecule has 100 valence electrons. The predicted molar refractivity (Wildman–Crippen MR) is 78.8 cm³/mol. The van der Waals surface area contributed by atoms with Crippen LogP contribution in [0.15, 0.2) is 4.99 Å². The number of aliphatic imine (C=N–C) groups is 1. The van der Waals surface area contributed by atoms with Gasteiger partial charge >= 0.3 is 0 Å². The van der Waals surface area contributed by atoms with Crippen LogP contribution in [0.25, 0.3) is 0 Å². The molecular formula is C16H25NS. The van der Waals surface area contributed by atoms with E-state index in [0.717, 1.165) is 29.6 Å². The molecule has 0 heterocycles. The van der Waals surface area contributed by atoms with Gasteiger partial charge in [0.15, 0.2) is 0 Å². The molecule has 2 heteroatoms. The number of hydrogen-bond donors (Lipinski definition) is 0. The Kier molecular flexibility index (Phi) is 2.78. The van der Waals surface area contributed by atoms with Crippen molar-refractivity contribution >= 4 is 17.4 Å². The summed E-state index contributed by atoms with van der Waals surface area (Å²) in [6.45, 7) is 9.76. The summed E-state index contributed by atoms with van der Waals surface area (Å²) in [6.07, 6.45) is 5.29. The Morgan fingerprint density at radius 1 is 1.11 bits per heavy atom. The number of nitrogens with zero attached hydrogens (tertiary/aromatic N) is 1. The largest absolute Gasteiger partial charge is 0.226 e. The fraction of sp³-hybridized carbons (Fsp3) is 0.938. The summed E-state index contributed by atoms with van der Waals surface area (Å²) in [4.78, 5) is 4.62. The molecule has 3 fully saturated rings. The first-order valence-electron chi connectivity index (χ1n) is 7.51. The monoisotopic (exact) mass is 263 g/mol. The fourth-order valence-electron chi connectivity index (χ4n) is 5.53. The van der Waals surface area contributed by atoms with Crippen molar-refractivity contribution in [2.45, 2.75) is 58.9 Å². The number of hydrogen-bond acceptors (Lipinski definition) is 2. The Hall–Kier alpha value is -0.200. The van der Waals surface area contributed by atoms with E-state index in [2.05, 4.69) is 37.8 Å². The first kappa shape index (κ1) is 12.8. The van der Waals surface area contributed by atoms with Crippen molar-refractivity contribution in [1.82, 2.24) is 0 Å². The minimum atomic E-state index is 0.0840. The molecule has 0 aromatic carbocycles. The van der Waals surface area contributed by atoms with Gasteiger partial charge in [-0.2, -0.15) is 0 Å². The van der Waals surface area contributed by atoms with Gasteiger partial charge in [-0.05, 0) is 73.4 Å². The van der Waals surface area contributed by atoms with Gasteiger partial charge in [-0.3, -0.25) is 0 Å². The first-order valence-corrected chi connectivity index (χ1v) is 7.91. The van der Waals surface area contributed by atoms with Crippen LogP contribution in [0.2, 0.25) is 0 Å². The summed E-state index contributed by atoms with van der Waals surface area (Å²) in [7, 11) is 0. The molecule has 6 atom stereocenters. The van der Waals surface area contributed by atoms with Gasteiger partial charge in [0, 0.05) is 0 Å². The van der Waals surface area contributed by atoms with Crippen LogP contribution in [-0.4, -0.2) is 10.7 Å². The van der Waals surface area contributed by atoms with E-state index < -0.39 is 0 Å². The highest BCUT2D eigenvalue weighted by atomic mass is 32.1. The molecule has 0 bridgehead atoms. The van der Waals surface area contributed by atoms with Gasteiger partial charge in [0.2, 0.25) is 0 Å². The predicted octanol–water partition coefficient (Wildman–Crippen LogP) is 4.58. The Bertz CT molecular complexity index is 409. The van der Waals surface area contributed by atoms with E-state index in [1.165, 1.54) is 25.7 Å². The third kappa shape index (κ3) is 1.58. The second-order valence-corrected chi connectivity index (χ2v) is 7.97. The lowest BCUT2D eigenvalue weighted by Crippen LogP contribution is -2.36. The van der Waals surface area contributed by atoms with Crippen molar-refractivity contribution in [2.24, 2.45) is 40.0 Å². The van der Waals surface area contributed by atoms with Gasteiger partial charge in [0.25, 0.3) is 0 Å². The SMILES string of the molecule is C[C@@H]1CC[C@H]2[C@@H]1[C@H]1[C@@H](CC[C@@]2(C)N=C=S)C1(C)C. The zero-order chi connectivity index (χ0) is 13.1. The molecule has 18 heavy (non-hydrogen) atoms. The number of rotatable bonds is 1. The molecule has 0 aromatic rings. The van der Waals surface area contributed by atoms with Crippen LogP contribution in [0.5, 0.6) is 0 Å². The highest BCUT2D eigenvalue weighted by Gasteiger charge is 2.66. The Balaban J connectivity index is 1.97. The van der Waals surface area contributed by atoms with Crippen molar-refractivity contribution in [2.75, 3.05) is 0 Å². The summed E-state index contributed by atoms with van der Waals surface area (Å²) in [5, 5.41) is 2.69. The quantitative estimate of drug-likeness (QED) is 0.498. The Morgan fingerprint density at radius 3 is 2.50 bits per heavy atom. The molecule has 1 nitrogen and oxygen atoms in total. The van der Waals surface area contributed by atoms with Gasteiger partial charge in [0.05, 0.1) is 10.7 Å². The van der Waals surface area contributed by atoms with Crippen LogP contribution in [0.4, 0.5) is 0 Å². The Morgan fingerprint density at radius 2 is 1.83 bits per heavy atom. The first-order chi connectivity index (χ1) is 8.42. The van der Waals surface area contributed by atoms with Gasteiger partial charge in [-0.25, -0.2) is 4.99 Å². The minimum Gasteiger partial charge on any atom is -0.226 e. The van der Waals surface area contributed by atoms with Crippen LogP contribution < -0.4 is 0 Å². The summed E-state index contributed by atoms with van der Waals surface area (Å²) < 4.78 is 0. The van der Waals surface area contributed by atoms with E-state index in [9.17, 15) is 0 Å². The van der Waals surface area contributed by atoms with Crippen LogP contribution >= 0.6 is 12.2 Å². The van der Waals surface area contributed by atoms with Crippen molar-refractivity contribution in [3.63, 3.8) is 0 Å². The highest BCUT2D eigenvalue weighted by molar-refractivity contribution is 7.78. The zero-order valence-corrected chi connectivity index (χ0v) is 12.9. The maximum absolute atomic E-state index is 4.91. The minimum absolute atomic E-state index is 0.0840. The average Bonchev–Trinajstić information content (AvgIpc) is 2.65. The second kappa shape index (κ2) is 3.90. The topological polar surface area (TPSA) is 12.4 Å². The van der Waals surface area contributed by atoms with E-state index in [1.807, 2.05) is 0 Å². The number of isothiocyanates is 1. The maximum atomic E-state index is 4.91. The summed E-state index contributed by atoms with van der Waals surface area (Å²) in [5.41, 5.74) is 0.672. The lowest BCUT2D eigenvalue weighted by Gasteiger charge is -2.35. The molecule has 0 N–H and O–H groups in total. The van der Waals surface area contributed by atoms with Crippen LogP contribution in [0, 0.1) is 35.0 Å². The fourth-order valence-corrected chi connectivity index (χ4v) is 5.74. The van der Waals surface area contributed by atoms with Crippen LogP contribution in [0.3, 0.4) is 0 Å². The number of fused-ring (bicyclic) bond motifs is 3. The molecular weight excluding hydrogens is 238 g/mol. The van der Waals surface area contributed by atoms with E-state index in [-0.39, 0.29) is 5.54 Å². The molecule has 0 amide bonds. The standard InChI is InChI=1S/C16H25NS/c1-10-5-6-11-13(10)14-12(15(14,2)3)7-8-16(11,4)17-9-18/h10-14H,5-8H2,1-4H3/t10-,11+,12-,13-,14-,16-/m1/s1. The molecule has 0 aromatic heterocycles. The molecule has 0 saturated heterocycles. The molecule has 0 spiro atoms. The van der Waals surface area contributed by atoms with Gasteiger partial charge < -0.3 is 0 Å². The van der Waals surface area contributed by atoms with E-state index in [4.69, 9.17) is 12.2 Å². The van der Waals surface area contributed by atoms with Gasteiger partial charge in [-0.1, -0.05) is 27.2 Å². The van der Waals surface area contributed by atoms with E-state index in [0.29, 0.717) is 5.41 Å². The third-order valence-corrected chi connectivity index (χ3v) is 6.76. The third-order valence-electron chi connectivity index (χ3n) is 6.67. The van der Waals surface area contributed by atoms with Crippen molar-refractivity contribution < 1.29 is 0 Å². The second-order valence-electron chi connectivity index (χ2n) is 7.79. The van der Waals surface area contributed by atoms with Crippen molar-refractivity contribution in [3.05, 3.63) is 0 Å². The van der Waals surface area contributed by atoms with Crippen molar-refractivity contribution in [3.8, 4) is 0 Å². The Labute approximate surface area is 116 Å². The molecule has 0 unspecified atom stereocenters. The van der Waals surface area contributed by atoms with E-state index >= 15 is 0 Å². The summed E-state index contributed by atoms with van der Waals surface area (Å²) in [6, 6.07) is 0. The molecule has 0 radical (unpaired) electrons. The lowest BCUT2D eigenvalue weighted by atomic mass is 9.73. The molecule has 3 saturated carbocycles.